The van der Waals surface area contributed by atoms with E-state index in [1.807, 2.05) is 0 Å². The number of carbonyl (C=O) groups excluding carboxylic acids is 3. The number of nitrogens with zero attached hydrogens (tertiary/aromatic N) is 3. The van der Waals surface area contributed by atoms with Crippen LogP contribution in [0.4, 0.5) is 5.13 Å². The number of carboxylic acids is 1. The first kappa shape index (κ1) is 28.3. The van der Waals surface area contributed by atoms with Crippen molar-refractivity contribution >= 4 is 63.5 Å². The van der Waals surface area contributed by atoms with Gasteiger partial charge in [-0.2, -0.15) is 0 Å². The van der Waals surface area contributed by atoms with Crippen molar-refractivity contribution < 1.29 is 58.3 Å². The zero-order valence-corrected chi connectivity index (χ0v) is 23.8. The molecule has 4 heterocycles. The van der Waals surface area contributed by atoms with E-state index >= 15 is 0 Å². The van der Waals surface area contributed by atoms with E-state index < -0.39 is 34.8 Å². The number of aliphatic carboxylic acids is 1. The van der Waals surface area contributed by atoms with Crippen LogP contribution in [0.25, 0.3) is 0 Å². The summed E-state index contributed by atoms with van der Waals surface area (Å²) >= 11 is 3.66. The number of amides is 2. The molecule has 2 atom stereocenters. The molecule has 0 spiro atoms. The Hall–Kier alpha value is -2.30. The molecule has 2 aliphatic rings. The van der Waals surface area contributed by atoms with Gasteiger partial charge in [0.15, 0.2) is 10.8 Å². The van der Waals surface area contributed by atoms with Gasteiger partial charge in [0, 0.05) is 27.8 Å². The van der Waals surface area contributed by atoms with Crippen molar-refractivity contribution in [2.45, 2.75) is 23.2 Å². The minimum atomic E-state index is -1.49. The van der Waals surface area contributed by atoms with Crippen LogP contribution in [-0.2, 0) is 19.2 Å². The third-order valence-electron chi connectivity index (χ3n) is 4.97. The Morgan fingerprint density at radius 1 is 1.42 bits per heavy atom. The first-order valence-corrected chi connectivity index (χ1v) is 12.9. The van der Waals surface area contributed by atoms with Crippen molar-refractivity contribution in [3.8, 4) is 0 Å². The average molecular weight is 560 g/mol. The number of anilines is 1. The summed E-state index contributed by atoms with van der Waals surface area (Å²) in [4.78, 5) is 59.7. The van der Waals surface area contributed by atoms with E-state index in [1.165, 1.54) is 42.1 Å². The summed E-state index contributed by atoms with van der Waals surface area (Å²) in [6.07, 6.45) is 0. The average Bonchev–Trinajstić information content (AvgIpc) is 3.23. The first-order chi connectivity index (χ1) is 16.7. The smallest absolute Gasteiger partial charge is 0.543 e. The molecule has 2 aromatic rings. The van der Waals surface area contributed by atoms with E-state index in [0.29, 0.717) is 22.0 Å². The number of nitrogen functional groups attached to an aromatic ring is 1. The molecular formula is C20H18N5NaO7S3. The monoisotopic (exact) mass is 559 g/mol. The van der Waals surface area contributed by atoms with Gasteiger partial charge in [-0.1, -0.05) is 5.16 Å². The summed E-state index contributed by atoms with van der Waals surface area (Å²) in [6, 6.07) is 2.00. The maximum Gasteiger partial charge on any atom is 1.00 e. The number of rotatable bonds is 8. The number of carbonyl (C=O) groups is 3. The summed E-state index contributed by atoms with van der Waals surface area (Å²) in [7, 11) is 1.26. The predicted octanol–water partition coefficient (Wildman–Crippen LogP) is -3.46. The normalized spacial score (nSPS) is 19.2. The van der Waals surface area contributed by atoms with E-state index in [4.69, 9.17) is 15.0 Å². The van der Waals surface area contributed by atoms with Crippen LogP contribution in [0.1, 0.15) is 11.5 Å². The minimum Gasteiger partial charge on any atom is -0.543 e. The fourth-order valence-corrected chi connectivity index (χ4v) is 6.55. The zero-order chi connectivity index (χ0) is 25.3. The summed E-state index contributed by atoms with van der Waals surface area (Å²) in [5.74, 6) is -1.85. The summed E-state index contributed by atoms with van der Waals surface area (Å²) in [5.41, 5.74) is 5.38. The SMILES string of the molecule is CO/N=C(\C(=O)N[C@@H]1C(=O)N2C(C(=O)[O-])=C(CSc3cc(C)oc(=O)c3)CS[C@@H]12)c1csc(N)n1.[Na+]. The number of nitrogens with one attached hydrogen (secondary N) is 1. The molecule has 2 amide bonds. The third kappa shape index (κ3) is 5.81. The fourth-order valence-electron chi connectivity index (χ4n) is 3.51. The zero-order valence-electron chi connectivity index (χ0n) is 19.3. The van der Waals surface area contributed by atoms with Gasteiger partial charge in [0.05, 0.1) is 11.7 Å². The van der Waals surface area contributed by atoms with Gasteiger partial charge in [-0.25, -0.2) is 9.78 Å². The van der Waals surface area contributed by atoms with E-state index in [-0.39, 0.29) is 57.5 Å². The molecule has 1 fully saturated rings. The molecule has 12 nitrogen and oxygen atoms in total. The Balaban J connectivity index is 0.00000361. The van der Waals surface area contributed by atoms with Crippen molar-refractivity contribution in [3.63, 3.8) is 0 Å². The Morgan fingerprint density at radius 3 is 2.78 bits per heavy atom. The minimum absolute atomic E-state index is 0. The van der Waals surface area contributed by atoms with Gasteiger partial charge in [0.1, 0.15) is 30.0 Å². The van der Waals surface area contributed by atoms with E-state index in [0.717, 1.165) is 16.2 Å². The van der Waals surface area contributed by atoms with Crippen LogP contribution in [0.5, 0.6) is 0 Å². The van der Waals surface area contributed by atoms with Crippen molar-refractivity contribution in [1.82, 2.24) is 15.2 Å². The van der Waals surface area contributed by atoms with Gasteiger partial charge < -0.3 is 30.2 Å². The number of thiazole rings is 1. The predicted molar refractivity (Wildman–Crippen MR) is 128 cm³/mol. The van der Waals surface area contributed by atoms with Crippen LogP contribution in [-0.4, -0.2) is 63.4 Å². The van der Waals surface area contributed by atoms with Crippen LogP contribution in [0.3, 0.4) is 0 Å². The topological polar surface area (TPSA) is 180 Å². The van der Waals surface area contributed by atoms with E-state index in [9.17, 15) is 24.3 Å². The maximum atomic E-state index is 12.9. The number of oxime groups is 1. The van der Waals surface area contributed by atoms with Gasteiger partial charge in [-0.3, -0.25) is 14.5 Å². The van der Waals surface area contributed by atoms with Gasteiger partial charge in [0.2, 0.25) is 0 Å². The fraction of sp³-hybridized carbons (Fsp3) is 0.300. The molecule has 4 rings (SSSR count). The molecule has 36 heavy (non-hydrogen) atoms. The number of hydrogen-bond donors (Lipinski definition) is 2. The number of aromatic nitrogens is 1. The molecule has 16 heteroatoms. The molecule has 1 saturated heterocycles. The molecule has 0 aromatic carbocycles. The summed E-state index contributed by atoms with van der Waals surface area (Å²) in [6.45, 7) is 1.64. The molecule has 3 N–H and O–H groups in total. The van der Waals surface area contributed by atoms with E-state index in [2.05, 4.69) is 15.5 Å². The number of aryl methyl sites for hydroxylation is 1. The van der Waals surface area contributed by atoms with Gasteiger partial charge >= 0.3 is 35.2 Å². The molecule has 0 radical (unpaired) electrons. The summed E-state index contributed by atoms with van der Waals surface area (Å²) in [5, 5.41) is 19.3. The molecule has 0 unspecified atom stereocenters. The number of β-lactam (4-membered cyclic amide) rings is 1. The van der Waals surface area contributed by atoms with Crippen LogP contribution in [0.2, 0.25) is 0 Å². The van der Waals surface area contributed by atoms with Crippen molar-refractivity contribution in [3.05, 3.63) is 50.7 Å². The van der Waals surface area contributed by atoms with Gasteiger partial charge in [-0.15, -0.1) is 34.9 Å². The quantitative estimate of drug-likeness (QED) is 0.108. The maximum absolute atomic E-state index is 12.9. The number of hydrogen-bond acceptors (Lipinski definition) is 13. The molecule has 0 saturated carbocycles. The largest absolute Gasteiger partial charge is 1.00 e. The van der Waals surface area contributed by atoms with Crippen LogP contribution >= 0.6 is 34.9 Å². The van der Waals surface area contributed by atoms with Crippen LogP contribution in [0.15, 0.2) is 48.0 Å². The second-order valence-electron chi connectivity index (χ2n) is 7.31. The first-order valence-electron chi connectivity index (χ1n) is 9.95. The molecule has 2 aromatic heterocycles. The van der Waals surface area contributed by atoms with Crippen molar-refractivity contribution in [2.75, 3.05) is 24.3 Å². The number of nitrogens with two attached hydrogens (primary N) is 1. The number of carboxylic acid groups (broad SMARTS) is 1. The van der Waals surface area contributed by atoms with E-state index in [1.54, 1.807) is 13.0 Å². The molecule has 0 bridgehead atoms. The number of fused-ring (bicyclic) bond motifs is 1. The molecule has 0 aliphatic carbocycles. The second-order valence-corrected chi connectivity index (χ2v) is 10.3. The van der Waals surface area contributed by atoms with Crippen molar-refractivity contribution in [2.24, 2.45) is 5.16 Å². The molecule has 2 aliphatic heterocycles. The summed E-state index contributed by atoms with van der Waals surface area (Å²) < 4.78 is 4.93. The Labute approximate surface area is 239 Å². The standard InChI is InChI=1S/C20H19N5O7S3.Na/c1-8-3-10(4-12(26)32-8)33-5-9-6-34-18-14(17(28)25(18)15(9)19(29)30)23-16(27)13(24-31-2)11-7-35-20(21)22-11;/h3-4,7,14,18H,5-6H2,1-2H3,(H2,21,22)(H,23,27)(H,29,30);/q;+1/p-1/b24-13-;/t14-,18+;/m1./s1. The Morgan fingerprint density at radius 2 is 2.17 bits per heavy atom. The molecular weight excluding hydrogens is 541 g/mol. The van der Waals surface area contributed by atoms with Crippen LogP contribution in [0, 0.1) is 6.92 Å². The molecule has 184 valence electrons. The second kappa shape index (κ2) is 11.8. The van der Waals surface area contributed by atoms with Crippen molar-refractivity contribution in [1.29, 1.82) is 0 Å². The number of thioether (sulfide) groups is 2. The Kier molecular flexibility index (Phi) is 9.29. The van der Waals surface area contributed by atoms with Gasteiger partial charge in [-0.05, 0) is 18.6 Å². The Bertz CT molecular complexity index is 1320. The van der Waals surface area contributed by atoms with Gasteiger partial charge in [0.25, 0.3) is 11.8 Å². The van der Waals surface area contributed by atoms with Crippen LogP contribution < -0.4 is 51.3 Å². The third-order valence-corrected chi connectivity index (χ3v) is 8.05.